The molecular weight excluding hydrogens is 368 g/mol. The molecule has 0 radical (unpaired) electrons. The van der Waals surface area contributed by atoms with E-state index in [1.807, 2.05) is 18.2 Å². The molecule has 1 heterocycles. The quantitative estimate of drug-likeness (QED) is 0.447. The molecular formula is C23H26N2O4. The van der Waals surface area contributed by atoms with E-state index in [0.717, 1.165) is 18.4 Å². The van der Waals surface area contributed by atoms with E-state index in [4.69, 9.17) is 9.15 Å². The van der Waals surface area contributed by atoms with Gasteiger partial charge in [-0.25, -0.2) is 10.2 Å². The molecule has 1 aromatic carbocycles. The molecule has 0 bridgehead atoms. The Morgan fingerprint density at radius 1 is 1.24 bits per heavy atom. The second-order valence-corrected chi connectivity index (χ2v) is 8.07. The van der Waals surface area contributed by atoms with E-state index >= 15 is 0 Å². The predicted octanol–water partition coefficient (Wildman–Crippen LogP) is 4.40. The van der Waals surface area contributed by atoms with Crippen LogP contribution < -0.4 is 5.43 Å². The largest absolute Gasteiger partial charge is 0.462 e. The number of fused-ring (bicyclic) bond motifs is 1. The molecule has 2 saturated carbocycles. The molecule has 0 unspecified atom stereocenters. The number of hydrogen-bond acceptors (Lipinski definition) is 5. The molecule has 2 aliphatic carbocycles. The van der Waals surface area contributed by atoms with Crippen molar-refractivity contribution >= 4 is 18.1 Å². The Morgan fingerprint density at radius 2 is 2.03 bits per heavy atom. The van der Waals surface area contributed by atoms with Crippen molar-refractivity contribution in [2.75, 3.05) is 6.61 Å². The highest BCUT2D eigenvalue weighted by Crippen LogP contribution is 2.66. The van der Waals surface area contributed by atoms with Crippen LogP contribution in [0.3, 0.4) is 0 Å². The van der Waals surface area contributed by atoms with Gasteiger partial charge in [-0.3, -0.25) is 4.79 Å². The highest BCUT2D eigenvalue weighted by Gasteiger charge is 2.64. The van der Waals surface area contributed by atoms with E-state index in [1.54, 1.807) is 25.1 Å². The van der Waals surface area contributed by atoms with Gasteiger partial charge in [-0.2, -0.15) is 5.10 Å². The number of furan rings is 1. The zero-order valence-electron chi connectivity index (χ0n) is 16.8. The van der Waals surface area contributed by atoms with E-state index in [1.165, 1.54) is 19.1 Å². The summed E-state index contributed by atoms with van der Waals surface area (Å²) in [5.74, 6) is 1.48. The van der Waals surface area contributed by atoms with Crippen molar-refractivity contribution in [1.82, 2.24) is 5.43 Å². The number of esters is 1. The lowest BCUT2D eigenvalue weighted by Crippen LogP contribution is -2.22. The van der Waals surface area contributed by atoms with Gasteiger partial charge in [-0.1, -0.05) is 31.9 Å². The number of hydrazone groups is 1. The first-order chi connectivity index (χ1) is 14.0. The third-order valence-corrected chi connectivity index (χ3v) is 6.29. The number of carbonyl (C=O) groups is 2. The maximum absolute atomic E-state index is 12.4. The minimum atomic E-state index is -0.341. The molecule has 1 amide bonds. The summed E-state index contributed by atoms with van der Waals surface area (Å²) in [6.07, 6.45) is 6.24. The van der Waals surface area contributed by atoms with Crippen molar-refractivity contribution in [3.63, 3.8) is 0 Å². The van der Waals surface area contributed by atoms with E-state index < -0.39 is 0 Å². The van der Waals surface area contributed by atoms with Crippen LogP contribution in [-0.2, 0) is 9.53 Å². The summed E-state index contributed by atoms with van der Waals surface area (Å²) < 4.78 is 10.8. The summed E-state index contributed by atoms with van der Waals surface area (Å²) in [6, 6.07) is 10.7. The zero-order valence-corrected chi connectivity index (χ0v) is 16.8. The first kappa shape index (κ1) is 19.4. The summed E-state index contributed by atoms with van der Waals surface area (Å²) in [5.41, 5.74) is 4.19. The summed E-state index contributed by atoms with van der Waals surface area (Å²) in [5, 5.41) is 4.08. The van der Waals surface area contributed by atoms with Gasteiger partial charge in [-0.15, -0.1) is 0 Å². The van der Waals surface area contributed by atoms with Gasteiger partial charge in [0.05, 0.1) is 18.4 Å². The van der Waals surface area contributed by atoms with Gasteiger partial charge in [0.2, 0.25) is 5.91 Å². The molecule has 1 aromatic heterocycles. The predicted molar refractivity (Wildman–Crippen MR) is 109 cm³/mol. The lowest BCUT2D eigenvalue weighted by atomic mass is 9.90. The molecule has 0 saturated heterocycles. The van der Waals surface area contributed by atoms with Gasteiger partial charge in [0.25, 0.3) is 0 Å². The fraction of sp³-hybridized carbons (Fsp3) is 0.435. The van der Waals surface area contributed by atoms with Crippen LogP contribution in [0.25, 0.3) is 11.3 Å². The SMILES string of the molecule is CCOC(=O)c1ccc(-c2ccc(/C=N\NC(=O)[C@H]3[C@@H]4CCCC[C@@]43C)o2)cc1. The lowest BCUT2D eigenvalue weighted by Gasteiger charge is -2.15. The third kappa shape index (κ3) is 3.84. The van der Waals surface area contributed by atoms with Crippen LogP contribution >= 0.6 is 0 Å². The molecule has 6 nitrogen and oxygen atoms in total. The lowest BCUT2D eigenvalue weighted by molar-refractivity contribution is -0.123. The van der Waals surface area contributed by atoms with Gasteiger partial charge in [-0.05, 0) is 55.4 Å². The Morgan fingerprint density at radius 3 is 2.72 bits per heavy atom. The first-order valence-electron chi connectivity index (χ1n) is 10.2. The maximum atomic E-state index is 12.4. The highest BCUT2D eigenvalue weighted by molar-refractivity contribution is 5.90. The summed E-state index contributed by atoms with van der Waals surface area (Å²) >= 11 is 0. The number of rotatable bonds is 6. The molecule has 4 rings (SSSR count). The number of carbonyl (C=O) groups excluding carboxylic acids is 2. The van der Waals surface area contributed by atoms with Gasteiger partial charge >= 0.3 is 5.97 Å². The molecule has 152 valence electrons. The summed E-state index contributed by atoms with van der Waals surface area (Å²) in [6.45, 7) is 4.34. The fourth-order valence-electron chi connectivity index (χ4n) is 4.64. The van der Waals surface area contributed by atoms with Gasteiger partial charge in [0, 0.05) is 11.5 Å². The Bertz CT molecular complexity index is 931. The molecule has 0 aliphatic heterocycles. The van der Waals surface area contributed by atoms with Gasteiger partial charge in [0.15, 0.2) is 0 Å². The number of nitrogens with one attached hydrogen (secondary N) is 1. The minimum Gasteiger partial charge on any atom is -0.462 e. The standard InChI is InChI=1S/C23H26N2O4/c1-3-28-22(27)16-9-7-15(8-10-16)19-12-11-17(29-19)14-24-25-21(26)20-18-6-4-5-13-23(18,20)2/h7-12,14,18,20H,3-6,13H2,1-2H3,(H,25,26)/b24-14-/t18-,20+,23-/m0/s1. The van der Waals surface area contributed by atoms with Crippen molar-refractivity contribution in [2.24, 2.45) is 22.4 Å². The number of amides is 1. The van der Waals surface area contributed by atoms with E-state index in [-0.39, 0.29) is 23.2 Å². The molecule has 2 aromatic rings. The monoisotopic (exact) mass is 394 g/mol. The Hall–Kier alpha value is -2.89. The molecule has 3 atom stereocenters. The normalized spacial score (nSPS) is 25.4. The molecule has 1 N–H and O–H groups in total. The van der Waals surface area contributed by atoms with Crippen molar-refractivity contribution < 1.29 is 18.7 Å². The second-order valence-electron chi connectivity index (χ2n) is 8.07. The topological polar surface area (TPSA) is 80.9 Å². The zero-order chi connectivity index (χ0) is 20.4. The highest BCUT2D eigenvalue weighted by atomic mass is 16.5. The number of ether oxygens (including phenoxy) is 1. The molecule has 2 aliphatic rings. The van der Waals surface area contributed by atoms with E-state index in [2.05, 4.69) is 17.5 Å². The third-order valence-electron chi connectivity index (χ3n) is 6.29. The molecule has 29 heavy (non-hydrogen) atoms. The minimum absolute atomic E-state index is 0.0111. The maximum Gasteiger partial charge on any atom is 0.338 e. The van der Waals surface area contributed by atoms with Crippen molar-refractivity contribution in [3.8, 4) is 11.3 Å². The Kier molecular flexibility index (Phi) is 5.26. The van der Waals surface area contributed by atoms with Crippen LogP contribution in [-0.4, -0.2) is 24.7 Å². The molecule has 2 fully saturated rings. The van der Waals surface area contributed by atoms with Gasteiger partial charge < -0.3 is 9.15 Å². The van der Waals surface area contributed by atoms with Crippen LogP contribution in [0.1, 0.15) is 55.6 Å². The average molecular weight is 394 g/mol. The van der Waals surface area contributed by atoms with E-state index in [9.17, 15) is 9.59 Å². The smallest absolute Gasteiger partial charge is 0.338 e. The van der Waals surface area contributed by atoms with E-state index in [0.29, 0.717) is 29.6 Å². The van der Waals surface area contributed by atoms with Gasteiger partial charge in [0.1, 0.15) is 11.5 Å². The first-order valence-corrected chi connectivity index (χ1v) is 10.2. The molecule has 6 heteroatoms. The summed E-state index contributed by atoms with van der Waals surface area (Å²) in [4.78, 5) is 24.2. The fourth-order valence-corrected chi connectivity index (χ4v) is 4.64. The average Bonchev–Trinajstić information content (AvgIpc) is 3.09. The van der Waals surface area contributed by atoms with Crippen molar-refractivity contribution in [2.45, 2.75) is 39.5 Å². The number of benzene rings is 1. The Labute approximate surface area is 170 Å². The molecule has 0 spiro atoms. The van der Waals surface area contributed by atoms with Crippen LogP contribution in [0.2, 0.25) is 0 Å². The van der Waals surface area contributed by atoms with Crippen molar-refractivity contribution in [1.29, 1.82) is 0 Å². The summed E-state index contributed by atoms with van der Waals surface area (Å²) in [7, 11) is 0. The Balaban J connectivity index is 1.34. The van der Waals surface area contributed by atoms with Crippen LogP contribution in [0, 0.1) is 17.3 Å². The van der Waals surface area contributed by atoms with Crippen LogP contribution in [0.15, 0.2) is 45.9 Å². The number of nitrogens with zero attached hydrogens (tertiary/aromatic N) is 1. The van der Waals surface area contributed by atoms with Crippen LogP contribution in [0.4, 0.5) is 0 Å². The van der Waals surface area contributed by atoms with Crippen LogP contribution in [0.5, 0.6) is 0 Å². The second kappa shape index (κ2) is 7.85. The van der Waals surface area contributed by atoms with Crippen molar-refractivity contribution in [3.05, 3.63) is 47.7 Å². The number of hydrogen-bond donors (Lipinski definition) is 1.